The highest BCUT2D eigenvalue weighted by atomic mass is 15.1. The summed E-state index contributed by atoms with van der Waals surface area (Å²) in [6.45, 7) is 6.70. The summed E-state index contributed by atoms with van der Waals surface area (Å²) in [5, 5.41) is 0. The van der Waals surface area contributed by atoms with Gasteiger partial charge in [0.25, 0.3) is 0 Å². The lowest BCUT2D eigenvalue weighted by atomic mass is 9.78. The van der Waals surface area contributed by atoms with Crippen molar-refractivity contribution in [1.82, 2.24) is 0 Å². The molecule has 0 saturated carbocycles. The van der Waals surface area contributed by atoms with Crippen LogP contribution >= 0.6 is 0 Å². The fourth-order valence-corrected chi connectivity index (χ4v) is 3.04. The highest BCUT2D eigenvalue weighted by molar-refractivity contribution is 5.62. The number of hydrogen-bond acceptors (Lipinski definition) is 1. The lowest BCUT2D eigenvalue weighted by Crippen LogP contribution is -2.19. The maximum absolute atomic E-state index is 2.29. The monoisotopic (exact) mass is 315 g/mol. The van der Waals surface area contributed by atoms with Crippen LogP contribution in [0.15, 0.2) is 78.9 Å². The van der Waals surface area contributed by atoms with Gasteiger partial charge in [-0.3, -0.25) is 0 Å². The van der Waals surface area contributed by atoms with Crippen molar-refractivity contribution < 1.29 is 0 Å². The van der Waals surface area contributed by atoms with E-state index >= 15 is 0 Å². The smallest absolute Gasteiger partial charge is 0.0408 e. The number of nitrogens with zero attached hydrogens (tertiary/aromatic N) is 1. The van der Waals surface area contributed by atoms with Crippen LogP contribution in [0.1, 0.15) is 30.5 Å². The Kier molecular flexibility index (Phi) is 4.44. The average molecular weight is 315 g/mol. The van der Waals surface area contributed by atoms with E-state index in [-0.39, 0.29) is 5.41 Å². The van der Waals surface area contributed by atoms with E-state index in [9.17, 15) is 0 Å². The van der Waals surface area contributed by atoms with Crippen LogP contribution in [0.25, 0.3) is 0 Å². The largest absolute Gasteiger partial charge is 0.345 e. The van der Waals surface area contributed by atoms with Crippen LogP contribution in [0, 0.1) is 6.92 Å². The van der Waals surface area contributed by atoms with Gasteiger partial charge in [0.1, 0.15) is 0 Å². The molecule has 0 fully saturated rings. The molecular formula is C23H25N. The first-order valence-corrected chi connectivity index (χ1v) is 8.45. The zero-order chi connectivity index (χ0) is 17.2. The number of anilines is 2. The van der Waals surface area contributed by atoms with Gasteiger partial charge in [0.05, 0.1) is 0 Å². The van der Waals surface area contributed by atoms with Gasteiger partial charge >= 0.3 is 0 Å². The molecule has 0 aromatic heterocycles. The molecule has 0 saturated heterocycles. The molecule has 0 aliphatic carbocycles. The Labute approximate surface area is 145 Å². The second kappa shape index (κ2) is 6.52. The Balaban J connectivity index is 1.87. The van der Waals surface area contributed by atoms with Crippen LogP contribution in [0.5, 0.6) is 0 Å². The normalized spacial score (nSPS) is 11.3. The van der Waals surface area contributed by atoms with Crippen molar-refractivity contribution in [3.05, 3.63) is 95.6 Å². The molecule has 1 nitrogen and oxygen atoms in total. The van der Waals surface area contributed by atoms with Gasteiger partial charge in [0.2, 0.25) is 0 Å². The minimum atomic E-state index is -0.00243. The van der Waals surface area contributed by atoms with Crippen molar-refractivity contribution in [2.45, 2.75) is 26.2 Å². The summed E-state index contributed by atoms with van der Waals surface area (Å²) in [6, 6.07) is 28.2. The standard InChI is InChI=1S/C23H25N/c1-18-10-12-19(13-11-18)23(2,3)20-14-16-22(17-15-20)24(4)21-8-6-5-7-9-21/h5-17H,1-4H3. The summed E-state index contributed by atoms with van der Waals surface area (Å²) >= 11 is 0. The number of aryl methyl sites for hydroxylation is 1. The Hall–Kier alpha value is -2.54. The average Bonchev–Trinajstić information content (AvgIpc) is 2.62. The van der Waals surface area contributed by atoms with Gasteiger partial charge in [-0.15, -0.1) is 0 Å². The maximum Gasteiger partial charge on any atom is 0.0408 e. The molecule has 0 atom stereocenters. The molecule has 0 aliphatic rings. The number of para-hydroxylation sites is 1. The molecule has 0 unspecified atom stereocenters. The summed E-state index contributed by atoms with van der Waals surface area (Å²) < 4.78 is 0. The lowest BCUT2D eigenvalue weighted by molar-refractivity contribution is 0.640. The van der Waals surface area contributed by atoms with Gasteiger partial charge in [-0.2, -0.15) is 0 Å². The molecule has 1 heteroatoms. The van der Waals surface area contributed by atoms with Gasteiger partial charge in [-0.1, -0.05) is 74.0 Å². The fraction of sp³-hybridized carbons (Fsp3) is 0.217. The minimum absolute atomic E-state index is 0.00243. The van der Waals surface area contributed by atoms with E-state index in [2.05, 4.69) is 106 Å². The van der Waals surface area contributed by atoms with E-state index in [1.54, 1.807) is 0 Å². The highest BCUT2D eigenvalue weighted by Gasteiger charge is 2.23. The molecule has 0 spiro atoms. The summed E-state index contributed by atoms with van der Waals surface area (Å²) in [7, 11) is 2.11. The van der Waals surface area contributed by atoms with Crippen LogP contribution in [-0.4, -0.2) is 7.05 Å². The van der Waals surface area contributed by atoms with E-state index in [0.29, 0.717) is 0 Å². The van der Waals surface area contributed by atoms with E-state index in [0.717, 1.165) is 0 Å². The summed E-state index contributed by atoms with van der Waals surface area (Å²) in [5.41, 5.74) is 6.37. The van der Waals surface area contributed by atoms with Crippen molar-refractivity contribution in [3.8, 4) is 0 Å². The van der Waals surface area contributed by atoms with E-state index in [1.165, 1.54) is 28.1 Å². The van der Waals surface area contributed by atoms with E-state index in [1.807, 2.05) is 6.07 Å². The molecule has 0 N–H and O–H groups in total. The van der Waals surface area contributed by atoms with Crippen molar-refractivity contribution in [1.29, 1.82) is 0 Å². The molecule has 0 heterocycles. The molecule has 0 bridgehead atoms. The third-order valence-corrected chi connectivity index (χ3v) is 4.89. The van der Waals surface area contributed by atoms with Gasteiger partial charge in [-0.25, -0.2) is 0 Å². The summed E-state index contributed by atoms with van der Waals surface area (Å²) in [4.78, 5) is 2.21. The Bertz CT molecular complexity index is 784. The molecule has 0 amide bonds. The summed E-state index contributed by atoms with van der Waals surface area (Å²) in [6.07, 6.45) is 0. The predicted molar refractivity (Wildman–Crippen MR) is 104 cm³/mol. The van der Waals surface area contributed by atoms with E-state index < -0.39 is 0 Å². The molecule has 3 rings (SSSR count). The molecule has 24 heavy (non-hydrogen) atoms. The summed E-state index contributed by atoms with van der Waals surface area (Å²) in [5.74, 6) is 0. The van der Waals surface area contributed by atoms with Gasteiger partial charge in [0, 0.05) is 23.8 Å². The van der Waals surface area contributed by atoms with Gasteiger partial charge in [-0.05, 0) is 42.3 Å². The van der Waals surface area contributed by atoms with Crippen LogP contribution in [0.2, 0.25) is 0 Å². The first kappa shape index (κ1) is 16.3. The van der Waals surface area contributed by atoms with Crippen LogP contribution in [-0.2, 0) is 5.41 Å². The fourth-order valence-electron chi connectivity index (χ4n) is 3.04. The second-order valence-corrected chi connectivity index (χ2v) is 6.93. The Morgan fingerprint density at radius 2 is 1.08 bits per heavy atom. The molecule has 0 aliphatic heterocycles. The van der Waals surface area contributed by atoms with Gasteiger partial charge < -0.3 is 4.90 Å². The van der Waals surface area contributed by atoms with Crippen molar-refractivity contribution in [2.24, 2.45) is 0 Å². The molecule has 3 aromatic carbocycles. The lowest BCUT2D eigenvalue weighted by Gasteiger charge is -2.27. The van der Waals surface area contributed by atoms with Crippen LogP contribution in [0.4, 0.5) is 11.4 Å². The first-order chi connectivity index (χ1) is 11.5. The molecule has 3 aromatic rings. The zero-order valence-electron chi connectivity index (χ0n) is 15.0. The highest BCUT2D eigenvalue weighted by Crippen LogP contribution is 2.33. The Morgan fingerprint density at radius 3 is 1.62 bits per heavy atom. The maximum atomic E-state index is 2.29. The quantitative estimate of drug-likeness (QED) is 0.563. The van der Waals surface area contributed by atoms with E-state index in [4.69, 9.17) is 0 Å². The topological polar surface area (TPSA) is 3.24 Å². The third-order valence-electron chi connectivity index (χ3n) is 4.89. The predicted octanol–water partition coefficient (Wildman–Crippen LogP) is 6.09. The molecule has 0 radical (unpaired) electrons. The molecule has 122 valence electrons. The van der Waals surface area contributed by atoms with Crippen molar-refractivity contribution in [3.63, 3.8) is 0 Å². The zero-order valence-corrected chi connectivity index (χ0v) is 15.0. The third kappa shape index (κ3) is 3.21. The molecular weight excluding hydrogens is 290 g/mol. The van der Waals surface area contributed by atoms with Crippen LogP contribution in [0.3, 0.4) is 0 Å². The number of rotatable bonds is 4. The Morgan fingerprint density at radius 1 is 0.625 bits per heavy atom. The van der Waals surface area contributed by atoms with Crippen molar-refractivity contribution in [2.75, 3.05) is 11.9 Å². The SMILES string of the molecule is Cc1ccc(C(C)(C)c2ccc(N(C)c3ccccc3)cc2)cc1. The van der Waals surface area contributed by atoms with Crippen molar-refractivity contribution >= 4 is 11.4 Å². The number of benzene rings is 3. The van der Waals surface area contributed by atoms with Crippen LogP contribution < -0.4 is 4.90 Å². The first-order valence-electron chi connectivity index (χ1n) is 8.45. The van der Waals surface area contributed by atoms with Gasteiger partial charge in [0.15, 0.2) is 0 Å². The minimum Gasteiger partial charge on any atom is -0.345 e. The number of hydrogen-bond donors (Lipinski definition) is 0. The second-order valence-electron chi connectivity index (χ2n) is 6.93.